The fraction of sp³-hybridized carbons (Fsp3) is 0.444. The second kappa shape index (κ2) is 4.64. The lowest BCUT2D eigenvalue weighted by Gasteiger charge is -2.30. The third-order valence-corrected chi connectivity index (χ3v) is 3.95. The maximum Gasteiger partial charge on any atom is 0.418 e. The van der Waals surface area contributed by atoms with E-state index in [1.807, 2.05) is 0 Å². The van der Waals surface area contributed by atoms with E-state index in [2.05, 4.69) is 9.38 Å². The summed E-state index contributed by atoms with van der Waals surface area (Å²) in [6, 6.07) is -2.20. The van der Waals surface area contributed by atoms with Gasteiger partial charge in [-0.15, -0.1) is 4.28 Å². The predicted octanol–water partition coefficient (Wildman–Crippen LogP) is -1.85. The lowest BCUT2D eigenvalue weighted by Crippen LogP contribution is -2.40. The van der Waals surface area contributed by atoms with E-state index in [4.69, 9.17) is 21.4 Å². The predicted molar refractivity (Wildman–Crippen MR) is 70.7 cm³/mol. The molecule has 2 atom stereocenters. The molecule has 13 heteroatoms. The van der Waals surface area contributed by atoms with Crippen molar-refractivity contribution in [1.29, 1.82) is 5.41 Å². The van der Waals surface area contributed by atoms with E-state index >= 15 is 0 Å². The summed E-state index contributed by atoms with van der Waals surface area (Å²) in [4.78, 5) is 13.5. The van der Waals surface area contributed by atoms with Gasteiger partial charge in [-0.25, -0.2) is 9.48 Å². The lowest BCUT2D eigenvalue weighted by molar-refractivity contribution is -0.0317. The van der Waals surface area contributed by atoms with Gasteiger partial charge in [0.2, 0.25) is 5.96 Å². The smallest absolute Gasteiger partial charge is 0.368 e. The number of nitrogens with zero attached hydrogens (tertiary/aromatic N) is 4. The third-order valence-electron chi connectivity index (χ3n) is 3.60. The number of aromatic nitrogens is 2. The first-order valence-corrected chi connectivity index (χ1v) is 7.50. The standard InChI is InChI=1S/C9H13N7O5S/c10-1-5-7-4(2-13-15(7)8(11)12)6-3-14(5)9(17)16(6)21-22(18,19)20/h2,5-6H,1,3,10H2,(H3,11,12)(H,18,19,20). The number of amides is 2. The Morgan fingerprint density at radius 1 is 1.59 bits per heavy atom. The van der Waals surface area contributed by atoms with Crippen LogP contribution in [0.15, 0.2) is 6.20 Å². The van der Waals surface area contributed by atoms with Gasteiger partial charge in [-0.2, -0.15) is 18.6 Å². The van der Waals surface area contributed by atoms with E-state index in [9.17, 15) is 13.2 Å². The molecule has 2 bridgehead atoms. The van der Waals surface area contributed by atoms with Crippen LogP contribution in [0.5, 0.6) is 0 Å². The molecular formula is C9H13N7O5S. The highest BCUT2D eigenvalue weighted by Crippen LogP contribution is 2.43. The van der Waals surface area contributed by atoms with Crippen molar-refractivity contribution in [2.75, 3.05) is 13.1 Å². The number of rotatable bonds is 3. The Bertz CT molecular complexity index is 758. The quantitative estimate of drug-likeness (QED) is 0.283. The van der Waals surface area contributed by atoms with E-state index in [0.29, 0.717) is 16.3 Å². The van der Waals surface area contributed by atoms with Gasteiger partial charge in [-0.05, 0) is 0 Å². The average molecular weight is 331 g/mol. The van der Waals surface area contributed by atoms with Crippen molar-refractivity contribution in [3.63, 3.8) is 0 Å². The highest BCUT2D eigenvalue weighted by atomic mass is 32.3. The molecule has 1 aromatic rings. The van der Waals surface area contributed by atoms with E-state index in [0.717, 1.165) is 4.68 Å². The summed E-state index contributed by atoms with van der Waals surface area (Å²) in [5, 5.41) is 12.0. The van der Waals surface area contributed by atoms with Crippen molar-refractivity contribution in [2.45, 2.75) is 12.1 Å². The van der Waals surface area contributed by atoms with Crippen LogP contribution in [0.2, 0.25) is 0 Å². The maximum atomic E-state index is 12.3. The maximum absolute atomic E-state index is 12.3. The van der Waals surface area contributed by atoms with E-state index < -0.39 is 28.5 Å². The second-order valence-corrected chi connectivity index (χ2v) is 5.82. The van der Waals surface area contributed by atoms with Crippen molar-refractivity contribution in [1.82, 2.24) is 19.7 Å². The summed E-state index contributed by atoms with van der Waals surface area (Å²) in [7, 11) is -4.86. The molecular weight excluding hydrogens is 318 g/mol. The molecule has 2 amide bonds. The first-order valence-electron chi connectivity index (χ1n) is 6.13. The van der Waals surface area contributed by atoms with E-state index in [1.165, 1.54) is 11.1 Å². The van der Waals surface area contributed by atoms with Gasteiger partial charge in [0.05, 0.1) is 24.5 Å². The molecule has 1 fully saturated rings. The highest BCUT2D eigenvalue weighted by molar-refractivity contribution is 7.80. The van der Waals surface area contributed by atoms with E-state index in [-0.39, 0.29) is 19.0 Å². The molecule has 2 aliphatic heterocycles. The van der Waals surface area contributed by atoms with Crippen LogP contribution in [0.25, 0.3) is 0 Å². The van der Waals surface area contributed by atoms with Crippen LogP contribution in [0.4, 0.5) is 4.79 Å². The number of fused-ring (bicyclic) bond motifs is 4. The van der Waals surface area contributed by atoms with Crippen LogP contribution in [0.3, 0.4) is 0 Å². The molecule has 120 valence electrons. The zero-order valence-corrected chi connectivity index (χ0v) is 11.9. The largest absolute Gasteiger partial charge is 0.418 e. The van der Waals surface area contributed by atoms with Gasteiger partial charge in [0, 0.05) is 12.1 Å². The fourth-order valence-corrected chi connectivity index (χ4v) is 3.18. The van der Waals surface area contributed by atoms with Gasteiger partial charge in [0.1, 0.15) is 6.04 Å². The van der Waals surface area contributed by atoms with Gasteiger partial charge in [0.25, 0.3) is 0 Å². The van der Waals surface area contributed by atoms with Crippen LogP contribution >= 0.6 is 0 Å². The van der Waals surface area contributed by atoms with Crippen molar-refractivity contribution < 1.29 is 22.0 Å². The van der Waals surface area contributed by atoms with Crippen LogP contribution in [-0.4, -0.2) is 57.8 Å². The number of nitrogens with two attached hydrogens (primary N) is 2. The molecule has 2 aliphatic rings. The van der Waals surface area contributed by atoms with Crippen LogP contribution in [0.1, 0.15) is 23.3 Å². The first-order chi connectivity index (χ1) is 10.2. The molecule has 12 nitrogen and oxygen atoms in total. The zero-order chi connectivity index (χ0) is 16.2. The average Bonchev–Trinajstić information content (AvgIpc) is 2.95. The monoisotopic (exact) mass is 331 g/mol. The van der Waals surface area contributed by atoms with Crippen LogP contribution in [0, 0.1) is 5.41 Å². The summed E-state index contributed by atoms with van der Waals surface area (Å²) < 4.78 is 36.1. The third kappa shape index (κ3) is 2.02. The molecule has 1 saturated heterocycles. The molecule has 0 aliphatic carbocycles. The van der Waals surface area contributed by atoms with Gasteiger partial charge < -0.3 is 16.4 Å². The number of urea groups is 1. The normalized spacial score (nSPS) is 23.8. The SMILES string of the molecule is N=C(N)n1ncc2c1C(CN)N1CC2N(OS(=O)(=O)O)C1=O. The molecule has 0 aromatic carbocycles. The first kappa shape index (κ1) is 14.7. The number of carbonyl (C=O) groups is 1. The summed E-state index contributed by atoms with van der Waals surface area (Å²) in [6.07, 6.45) is 1.36. The minimum absolute atomic E-state index is 0.0180. The summed E-state index contributed by atoms with van der Waals surface area (Å²) in [5.41, 5.74) is 12.0. The Kier molecular flexibility index (Phi) is 3.10. The minimum atomic E-state index is -4.86. The number of carbonyl (C=O) groups excluding carboxylic acids is 1. The summed E-state index contributed by atoms with van der Waals surface area (Å²) in [5.74, 6) is -0.364. The fourth-order valence-electron chi connectivity index (χ4n) is 2.81. The Balaban J connectivity index is 2.11. The molecule has 1 aromatic heterocycles. The van der Waals surface area contributed by atoms with Crippen molar-refractivity contribution >= 4 is 22.4 Å². The highest BCUT2D eigenvalue weighted by Gasteiger charge is 2.51. The molecule has 3 heterocycles. The van der Waals surface area contributed by atoms with Crippen LogP contribution in [-0.2, 0) is 14.7 Å². The summed E-state index contributed by atoms with van der Waals surface area (Å²) >= 11 is 0. The Morgan fingerprint density at radius 3 is 2.82 bits per heavy atom. The van der Waals surface area contributed by atoms with Crippen molar-refractivity contribution in [3.8, 4) is 0 Å². The number of hydrogen-bond donors (Lipinski definition) is 4. The Labute approximate surface area is 124 Å². The number of nitrogen functional groups attached to an aromatic ring is 1. The minimum Gasteiger partial charge on any atom is -0.368 e. The topological polar surface area (TPSA) is 181 Å². The van der Waals surface area contributed by atoms with E-state index in [1.54, 1.807) is 0 Å². The molecule has 6 N–H and O–H groups in total. The lowest BCUT2D eigenvalue weighted by atomic mass is 9.98. The van der Waals surface area contributed by atoms with Crippen molar-refractivity contribution in [2.24, 2.45) is 11.5 Å². The van der Waals surface area contributed by atoms with Gasteiger partial charge >= 0.3 is 16.4 Å². The van der Waals surface area contributed by atoms with Gasteiger partial charge in [-0.1, -0.05) is 0 Å². The molecule has 22 heavy (non-hydrogen) atoms. The number of hydrogen-bond acceptors (Lipinski definition) is 7. The molecule has 2 unspecified atom stereocenters. The number of hydroxylamine groups is 2. The zero-order valence-electron chi connectivity index (χ0n) is 11.1. The number of nitrogens with one attached hydrogen (secondary N) is 1. The molecule has 0 saturated carbocycles. The molecule has 0 spiro atoms. The summed E-state index contributed by atoms with van der Waals surface area (Å²) in [6.45, 7) is 0.136. The second-order valence-electron chi connectivity index (χ2n) is 4.81. The van der Waals surface area contributed by atoms with Crippen molar-refractivity contribution in [3.05, 3.63) is 17.5 Å². The van der Waals surface area contributed by atoms with Crippen LogP contribution < -0.4 is 11.5 Å². The Hall–Kier alpha value is -2.22. The van der Waals surface area contributed by atoms with Gasteiger partial charge in [-0.3, -0.25) is 9.96 Å². The van der Waals surface area contributed by atoms with Gasteiger partial charge in [0.15, 0.2) is 0 Å². The Morgan fingerprint density at radius 2 is 2.27 bits per heavy atom. The molecule has 3 rings (SSSR count). The molecule has 0 radical (unpaired) electrons.